The molecular formula is C17H16ClFN2O3S2. The number of benzene rings is 2. The molecule has 0 radical (unpaired) electrons. The molecule has 1 aliphatic rings. The fourth-order valence-corrected chi connectivity index (χ4v) is 5.00. The van der Waals surface area contributed by atoms with Gasteiger partial charge in [0.05, 0.1) is 16.3 Å². The van der Waals surface area contributed by atoms with Crippen molar-refractivity contribution in [3.8, 4) is 0 Å². The molecule has 0 saturated carbocycles. The highest BCUT2D eigenvalue weighted by Crippen LogP contribution is 2.40. The summed E-state index contributed by atoms with van der Waals surface area (Å²) in [5.41, 5.74) is 0.346. The molecule has 0 aromatic heterocycles. The van der Waals surface area contributed by atoms with Gasteiger partial charge in [0.1, 0.15) is 5.82 Å². The van der Waals surface area contributed by atoms with Gasteiger partial charge in [-0.3, -0.25) is 9.52 Å². The van der Waals surface area contributed by atoms with E-state index in [0.29, 0.717) is 12.2 Å². The van der Waals surface area contributed by atoms with Crippen LogP contribution in [0.3, 0.4) is 0 Å². The molecule has 26 heavy (non-hydrogen) atoms. The molecule has 1 aliphatic heterocycles. The number of rotatable bonds is 3. The van der Waals surface area contributed by atoms with Crippen LogP contribution in [0, 0.1) is 5.82 Å². The van der Waals surface area contributed by atoms with Crippen molar-refractivity contribution in [2.24, 2.45) is 0 Å². The summed E-state index contributed by atoms with van der Waals surface area (Å²) in [5.74, 6) is -0.932. The molecule has 138 valence electrons. The molecule has 0 bridgehead atoms. The predicted octanol–water partition coefficient (Wildman–Crippen LogP) is 4.13. The first kappa shape index (κ1) is 19.0. The lowest BCUT2D eigenvalue weighted by atomic mass is 10.2. The monoisotopic (exact) mass is 414 g/mol. The molecule has 1 atom stereocenters. The molecular weight excluding hydrogens is 399 g/mol. The van der Waals surface area contributed by atoms with Crippen LogP contribution in [0.2, 0.25) is 5.02 Å². The van der Waals surface area contributed by atoms with Crippen LogP contribution in [0.25, 0.3) is 0 Å². The Morgan fingerprint density at radius 2 is 2.04 bits per heavy atom. The van der Waals surface area contributed by atoms with E-state index >= 15 is 0 Å². The van der Waals surface area contributed by atoms with Gasteiger partial charge in [0.25, 0.3) is 10.0 Å². The number of nitrogens with one attached hydrogen (secondary N) is 1. The Morgan fingerprint density at radius 3 is 2.69 bits per heavy atom. The average molecular weight is 415 g/mol. The van der Waals surface area contributed by atoms with E-state index in [1.165, 1.54) is 31.2 Å². The number of anilines is 2. The summed E-state index contributed by atoms with van der Waals surface area (Å²) >= 11 is 7.26. The van der Waals surface area contributed by atoms with Gasteiger partial charge in [0.2, 0.25) is 5.91 Å². The van der Waals surface area contributed by atoms with Crippen molar-refractivity contribution in [3.05, 3.63) is 47.2 Å². The minimum Gasteiger partial charge on any atom is -0.310 e. The Morgan fingerprint density at radius 1 is 1.31 bits per heavy atom. The Labute approximate surface area is 160 Å². The predicted molar refractivity (Wildman–Crippen MR) is 102 cm³/mol. The maximum atomic E-state index is 13.9. The minimum absolute atomic E-state index is 0.0491. The molecule has 1 unspecified atom stereocenters. The van der Waals surface area contributed by atoms with E-state index in [-0.39, 0.29) is 26.8 Å². The summed E-state index contributed by atoms with van der Waals surface area (Å²) in [6.45, 7) is 3.93. The van der Waals surface area contributed by atoms with Gasteiger partial charge >= 0.3 is 0 Å². The van der Waals surface area contributed by atoms with Crippen molar-refractivity contribution in [2.45, 2.75) is 28.9 Å². The number of carbonyl (C=O) groups is 1. The number of amides is 1. The number of halogens is 2. The van der Waals surface area contributed by atoms with Gasteiger partial charge in [-0.2, -0.15) is 0 Å². The number of hydrogen-bond acceptors (Lipinski definition) is 4. The van der Waals surface area contributed by atoms with Gasteiger partial charge in [0, 0.05) is 28.6 Å². The van der Waals surface area contributed by atoms with E-state index in [9.17, 15) is 17.6 Å². The first-order chi connectivity index (χ1) is 12.2. The van der Waals surface area contributed by atoms with Crippen molar-refractivity contribution >= 4 is 50.7 Å². The standard InChI is InChI=1S/C17H16ClFN2O3S2/c1-10-9-21(11(2)22)16-8-13(4-6-17(16)25-10)26(23,24)20-15-5-3-12(18)7-14(15)19/h3-8,10,20H,9H2,1-2H3. The lowest BCUT2D eigenvalue weighted by Crippen LogP contribution is -2.37. The molecule has 9 heteroatoms. The number of fused-ring (bicyclic) bond motifs is 1. The molecule has 0 aliphatic carbocycles. The minimum atomic E-state index is -4.03. The zero-order chi connectivity index (χ0) is 19.1. The van der Waals surface area contributed by atoms with Gasteiger partial charge in [-0.1, -0.05) is 18.5 Å². The second-order valence-corrected chi connectivity index (χ2v) is 9.52. The molecule has 1 heterocycles. The summed E-state index contributed by atoms with van der Waals surface area (Å²) in [7, 11) is -4.03. The van der Waals surface area contributed by atoms with Crippen LogP contribution in [0.4, 0.5) is 15.8 Å². The van der Waals surface area contributed by atoms with Crippen molar-refractivity contribution in [2.75, 3.05) is 16.2 Å². The fraction of sp³-hybridized carbons (Fsp3) is 0.235. The molecule has 1 N–H and O–H groups in total. The lowest BCUT2D eigenvalue weighted by molar-refractivity contribution is -0.116. The third-order valence-corrected chi connectivity index (χ3v) is 6.60. The van der Waals surface area contributed by atoms with Crippen molar-refractivity contribution in [1.82, 2.24) is 0 Å². The van der Waals surface area contributed by atoms with Crippen LogP contribution in [0.15, 0.2) is 46.2 Å². The summed E-state index contributed by atoms with van der Waals surface area (Å²) in [6, 6.07) is 8.22. The number of hydrogen-bond donors (Lipinski definition) is 1. The van der Waals surface area contributed by atoms with Gasteiger partial charge < -0.3 is 4.90 Å². The Balaban J connectivity index is 1.98. The van der Waals surface area contributed by atoms with E-state index in [4.69, 9.17) is 11.6 Å². The maximum Gasteiger partial charge on any atom is 0.262 e. The number of carbonyl (C=O) groups excluding carboxylic acids is 1. The summed E-state index contributed by atoms with van der Waals surface area (Å²) in [5, 5.41) is 0.373. The van der Waals surface area contributed by atoms with Crippen molar-refractivity contribution < 1.29 is 17.6 Å². The van der Waals surface area contributed by atoms with Crippen LogP contribution in [-0.2, 0) is 14.8 Å². The maximum absolute atomic E-state index is 13.9. The van der Waals surface area contributed by atoms with Gasteiger partial charge in [-0.05, 0) is 36.4 Å². The van der Waals surface area contributed by atoms with Gasteiger partial charge in [-0.15, -0.1) is 11.8 Å². The zero-order valence-electron chi connectivity index (χ0n) is 14.0. The highest BCUT2D eigenvalue weighted by atomic mass is 35.5. The molecule has 3 rings (SSSR count). The second kappa shape index (κ2) is 7.09. The molecule has 0 spiro atoms. The second-order valence-electron chi connectivity index (χ2n) is 5.92. The Bertz CT molecular complexity index is 982. The summed E-state index contributed by atoms with van der Waals surface area (Å²) in [6.07, 6.45) is 0. The van der Waals surface area contributed by atoms with E-state index in [2.05, 4.69) is 4.72 Å². The van der Waals surface area contributed by atoms with E-state index in [1.807, 2.05) is 6.92 Å². The lowest BCUT2D eigenvalue weighted by Gasteiger charge is -2.32. The molecule has 0 saturated heterocycles. The van der Waals surface area contributed by atoms with Crippen molar-refractivity contribution in [3.63, 3.8) is 0 Å². The van der Waals surface area contributed by atoms with Crippen LogP contribution in [0.5, 0.6) is 0 Å². The average Bonchev–Trinajstić information content (AvgIpc) is 2.56. The van der Waals surface area contributed by atoms with Crippen LogP contribution >= 0.6 is 23.4 Å². The van der Waals surface area contributed by atoms with Crippen LogP contribution in [0.1, 0.15) is 13.8 Å². The molecule has 2 aromatic rings. The number of thioether (sulfide) groups is 1. The fourth-order valence-electron chi connectivity index (χ4n) is 2.66. The molecule has 5 nitrogen and oxygen atoms in total. The van der Waals surface area contributed by atoms with Gasteiger partial charge in [0.15, 0.2) is 0 Å². The van der Waals surface area contributed by atoms with Crippen LogP contribution < -0.4 is 9.62 Å². The Hall–Kier alpha value is -1.77. The first-order valence-electron chi connectivity index (χ1n) is 7.74. The third-order valence-electron chi connectivity index (χ3n) is 3.85. The largest absolute Gasteiger partial charge is 0.310 e. The van der Waals surface area contributed by atoms with E-state index in [1.54, 1.807) is 22.7 Å². The highest BCUT2D eigenvalue weighted by molar-refractivity contribution is 8.00. The molecule has 0 fully saturated rings. The Kier molecular flexibility index (Phi) is 5.18. The summed E-state index contributed by atoms with van der Waals surface area (Å²) < 4.78 is 41.4. The first-order valence-corrected chi connectivity index (χ1v) is 10.5. The van der Waals surface area contributed by atoms with E-state index in [0.717, 1.165) is 11.0 Å². The van der Waals surface area contributed by atoms with Gasteiger partial charge in [-0.25, -0.2) is 12.8 Å². The van der Waals surface area contributed by atoms with Crippen LogP contribution in [-0.4, -0.2) is 26.1 Å². The topological polar surface area (TPSA) is 66.5 Å². The third kappa shape index (κ3) is 3.82. The SMILES string of the molecule is CC(=O)N1CC(C)Sc2ccc(S(=O)(=O)Nc3ccc(Cl)cc3F)cc21. The van der Waals surface area contributed by atoms with Crippen molar-refractivity contribution in [1.29, 1.82) is 0 Å². The normalized spacial score (nSPS) is 16.9. The number of nitrogens with zero attached hydrogens (tertiary/aromatic N) is 1. The zero-order valence-corrected chi connectivity index (χ0v) is 16.4. The molecule has 2 aromatic carbocycles. The quantitative estimate of drug-likeness (QED) is 0.820. The summed E-state index contributed by atoms with van der Waals surface area (Å²) in [4.78, 5) is 14.3. The molecule has 1 amide bonds. The van der Waals surface area contributed by atoms with E-state index < -0.39 is 15.8 Å². The number of sulfonamides is 1. The smallest absolute Gasteiger partial charge is 0.262 e. The highest BCUT2D eigenvalue weighted by Gasteiger charge is 2.27.